The average molecular weight is 360 g/mol. The summed E-state index contributed by atoms with van der Waals surface area (Å²) in [4.78, 5) is 8.97. The molecular formula is C19H28N4O3. The molecule has 0 aliphatic rings. The molecule has 0 aliphatic heterocycles. The summed E-state index contributed by atoms with van der Waals surface area (Å²) in [5, 5.41) is 6.56. The molecule has 0 spiro atoms. The molecule has 0 aliphatic carbocycles. The highest BCUT2D eigenvalue weighted by Gasteiger charge is 2.14. The second-order valence-electron chi connectivity index (χ2n) is 5.89. The van der Waals surface area contributed by atoms with Crippen molar-refractivity contribution in [3.63, 3.8) is 0 Å². The first-order chi connectivity index (χ1) is 12.6. The Balaban J connectivity index is 2.21. The summed E-state index contributed by atoms with van der Waals surface area (Å²) in [5.74, 6) is 3.04. The first-order valence-corrected chi connectivity index (χ1v) is 8.77. The number of nitrogens with zero attached hydrogens (tertiary/aromatic N) is 2. The highest BCUT2D eigenvalue weighted by Crippen LogP contribution is 2.40. The van der Waals surface area contributed by atoms with E-state index in [4.69, 9.17) is 14.2 Å². The number of aromatic nitrogens is 2. The fourth-order valence-corrected chi connectivity index (χ4v) is 2.59. The van der Waals surface area contributed by atoms with Crippen molar-refractivity contribution in [3.8, 4) is 17.2 Å². The summed E-state index contributed by atoms with van der Waals surface area (Å²) in [7, 11) is 4.76. The monoisotopic (exact) mass is 360 g/mol. The molecule has 2 rings (SSSR count). The lowest BCUT2D eigenvalue weighted by atomic mass is 10.2. The van der Waals surface area contributed by atoms with Crippen molar-refractivity contribution in [1.29, 1.82) is 0 Å². The lowest BCUT2D eigenvalue weighted by Gasteiger charge is -2.15. The Kier molecular flexibility index (Phi) is 7.32. The van der Waals surface area contributed by atoms with Gasteiger partial charge in [-0.25, -0.2) is 4.98 Å². The maximum absolute atomic E-state index is 5.39. The van der Waals surface area contributed by atoms with Gasteiger partial charge < -0.3 is 24.8 Å². The van der Waals surface area contributed by atoms with Crippen LogP contribution >= 0.6 is 0 Å². The Morgan fingerprint density at radius 1 is 0.923 bits per heavy atom. The number of rotatable bonds is 10. The third-order valence-electron chi connectivity index (χ3n) is 3.85. The van der Waals surface area contributed by atoms with E-state index in [-0.39, 0.29) is 0 Å². The number of methoxy groups -OCH3 is 3. The van der Waals surface area contributed by atoms with Crippen LogP contribution in [0.2, 0.25) is 0 Å². The summed E-state index contributed by atoms with van der Waals surface area (Å²) in [5.41, 5.74) is 1.67. The van der Waals surface area contributed by atoms with Gasteiger partial charge in [0, 0.05) is 36.1 Å². The average Bonchev–Trinajstić information content (AvgIpc) is 2.64. The van der Waals surface area contributed by atoms with Gasteiger partial charge in [-0.1, -0.05) is 19.8 Å². The molecule has 2 aromatic rings. The first kappa shape index (κ1) is 19.6. The van der Waals surface area contributed by atoms with E-state index in [0.29, 0.717) is 29.0 Å². The fourth-order valence-electron chi connectivity index (χ4n) is 2.59. The molecule has 142 valence electrons. The van der Waals surface area contributed by atoms with Gasteiger partial charge in [0.25, 0.3) is 0 Å². The Morgan fingerprint density at radius 2 is 1.62 bits per heavy atom. The molecule has 0 saturated heterocycles. The molecule has 2 N–H and O–H groups in total. The number of aryl methyl sites for hydroxylation is 1. The molecule has 0 radical (unpaired) electrons. The summed E-state index contributed by atoms with van der Waals surface area (Å²) in [6, 6.07) is 5.57. The lowest BCUT2D eigenvalue weighted by molar-refractivity contribution is 0.324. The highest BCUT2D eigenvalue weighted by molar-refractivity contribution is 5.67. The largest absolute Gasteiger partial charge is 0.493 e. The first-order valence-electron chi connectivity index (χ1n) is 8.77. The molecule has 7 nitrogen and oxygen atoms in total. The second kappa shape index (κ2) is 9.70. The number of benzene rings is 1. The van der Waals surface area contributed by atoms with E-state index in [1.54, 1.807) is 21.3 Å². The number of nitrogens with one attached hydrogen (secondary N) is 2. The topological polar surface area (TPSA) is 77.5 Å². The van der Waals surface area contributed by atoms with Crippen LogP contribution in [0.25, 0.3) is 0 Å². The fraction of sp³-hybridized carbons (Fsp3) is 0.474. The van der Waals surface area contributed by atoms with E-state index in [2.05, 4.69) is 27.5 Å². The van der Waals surface area contributed by atoms with Gasteiger partial charge >= 0.3 is 0 Å². The molecule has 1 heterocycles. The van der Waals surface area contributed by atoms with Gasteiger partial charge in [-0.2, -0.15) is 4.98 Å². The molecule has 0 atom stereocenters. The maximum atomic E-state index is 5.39. The number of anilines is 3. The summed E-state index contributed by atoms with van der Waals surface area (Å²) < 4.78 is 16.1. The van der Waals surface area contributed by atoms with Gasteiger partial charge in [0.05, 0.1) is 21.3 Å². The van der Waals surface area contributed by atoms with E-state index in [0.717, 1.165) is 24.3 Å². The second-order valence-corrected chi connectivity index (χ2v) is 5.89. The van der Waals surface area contributed by atoms with E-state index < -0.39 is 0 Å². The van der Waals surface area contributed by atoms with Gasteiger partial charge in [0.15, 0.2) is 11.5 Å². The van der Waals surface area contributed by atoms with E-state index >= 15 is 0 Å². The smallest absolute Gasteiger partial charge is 0.224 e. The van der Waals surface area contributed by atoms with Gasteiger partial charge in [-0.15, -0.1) is 0 Å². The highest BCUT2D eigenvalue weighted by atomic mass is 16.5. The van der Waals surface area contributed by atoms with Crippen LogP contribution in [0.15, 0.2) is 18.2 Å². The Bertz CT molecular complexity index is 697. The zero-order valence-corrected chi connectivity index (χ0v) is 16.2. The minimum atomic E-state index is 0.553. The summed E-state index contributed by atoms with van der Waals surface area (Å²) in [6.07, 6.45) is 3.48. The molecule has 0 amide bonds. The molecule has 0 unspecified atom stereocenters. The van der Waals surface area contributed by atoms with Crippen LogP contribution in [0.3, 0.4) is 0 Å². The van der Waals surface area contributed by atoms with Crippen molar-refractivity contribution in [3.05, 3.63) is 23.9 Å². The quantitative estimate of drug-likeness (QED) is 0.616. The Morgan fingerprint density at radius 3 is 2.19 bits per heavy atom. The molecule has 1 aromatic carbocycles. The molecule has 0 saturated carbocycles. The number of hydrogen-bond donors (Lipinski definition) is 2. The molecule has 7 heteroatoms. The predicted molar refractivity (Wildman–Crippen MR) is 104 cm³/mol. The molecule has 1 aromatic heterocycles. The summed E-state index contributed by atoms with van der Waals surface area (Å²) in [6.45, 7) is 4.99. The predicted octanol–water partition coefficient (Wildman–Crippen LogP) is 4.16. The van der Waals surface area contributed by atoms with Gasteiger partial charge in [0.1, 0.15) is 5.82 Å². The van der Waals surface area contributed by atoms with E-state index in [9.17, 15) is 0 Å². The number of unbranched alkanes of at least 4 members (excludes halogenated alkanes) is 2. The normalized spacial score (nSPS) is 10.3. The lowest BCUT2D eigenvalue weighted by Crippen LogP contribution is -2.07. The molecular weight excluding hydrogens is 332 g/mol. The van der Waals surface area contributed by atoms with Crippen molar-refractivity contribution >= 4 is 17.5 Å². The van der Waals surface area contributed by atoms with Crippen LogP contribution in [0, 0.1) is 6.92 Å². The SMILES string of the molecule is CCCCCNc1nc(C)cc(Nc2cc(OC)c(OC)c(OC)c2)n1. The molecule has 26 heavy (non-hydrogen) atoms. The van der Waals surface area contributed by atoms with Gasteiger partial charge in [-0.05, 0) is 13.3 Å². The van der Waals surface area contributed by atoms with Crippen molar-refractivity contribution < 1.29 is 14.2 Å². The zero-order chi connectivity index (χ0) is 18.9. The van der Waals surface area contributed by atoms with Gasteiger partial charge in [0.2, 0.25) is 11.7 Å². The molecule has 0 bridgehead atoms. The van der Waals surface area contributed by atoms with Crippen molar-refractivity contribution in [1.82, 2.24) is 9.97 Å². The van der Waals surface area contributed by atoms with Crippen LogP contribution < -0.4 is 24.8 Å². The summed E-state index contributed by atoms with van der Waals surface area (Å²) >= 11 is 0. The van der Waals surface area contributed by atoms with Gasteiger partial charge in [-0.3, -0.25) is 0 Å². The minimum absolute atomic E-state index is 0.553. The van der Waals surface area contributed by atoms with E-state index in [1.165, 1.54) is 12.8 Å². The van der Waals surface area contributed by atoms with Crippen molar-refractivity contribution in [2.24, 2.45) is 0 Å². The number of ether oxygens (including phenoxy) is 3. The van der Waals surface area contributed by atoms with Crippen LogP contribution in [-0.4, -0.2) is 37.8 Å². The third kappa shape index (κ3) is 5.15. The van der Waals surface area contributed by atoms with Crippen molar-refractivity contribution in [2.75, 3.05) is 38.5 Å². The van der Waals surface area contributed by atoms with Crippen LogP contribution in [0.4, 0.5) is 17.5 Å². The van der Waals surface area contributed by atoms with Crippen LogP contribution in [0.1, 0.15) is 31.9 Å². The Labute approximate surface area is 155 Å². The third-order valence-corrected chi connectivity index (χ3v) is 3.85. The maximum Gasteiger partial charge on any atom is 0.224 e. The number of hydrogen-bond acceptors (Lipinski definition) is 7. The van der Waals surface area contributed by atoms with Crippen molar-refractivity contribution in [2.45, 2.75) is 33.1 Å². The molecule has 0 fully saturated rings. The minimum Gasteiger partial charge on any atom is -0.493 e. The van der Waals surface area contributed by atoms with E-state index in [1.807, 2.05) is 25.1 Å². The standard InChI is InChI=1S/C19H28N4O3/c1-6-7-8-9-20-19-21-13(2)10-17(23-19)22-14-11-15(24-3)18(26-5)16(12-14)25-4/h10-12H,6-9H2,1-5H3,(H2,20,21,22,23). The van der Waals surface area contributed by atoms with Crippen LogP contribution in [-0.2, 0) is 0 Å². The Hall–Kier alpha value is -2.70. The zero-order valence-electron chi connectivity index (χ0n) is 16.2. The van der Waals surface area contributed by atoms with Crippen LogP contribution in [0.5, 0.6) is 17.2 Å².